The summed E-state index contributed by atoms with van der Waals surface area (Å²) in [6.07, 6.45) is 4.46. The van der Waals surface area contributed by atoms with Gasteiger partial charge in [0.15, 0.2) is 0 Å². The summed E-state index contributed by atoms with van der Waals surface area (Å²) in [7, 11) is 1.80. The van der Waals surface area contributed by atoms with Gasteiger partial charge in [0.2, 0.25) is 5.95 Å². The van der Waals surface area contributed by atoms with Crippen molar-refractivity contribution in [2.75, 3.05) is 36.6 Å². The summed E-state index contributed by atoms with van der Waals surface area (Å²) in [6, 6.07) is 0. The number of thioether (sulfide) groups is 1. The monoisotopic (exact) mass is 258 g/mol. The highest BCUT2D eigenvalue weighted by atomic mass is 35.5. The van der Waals surface area contributed by atoms with Crippen molar-refractivity contribution in [2.24, 2.45) is 0 Å². The van der Waals surface area contributed by atoms with Crippen LogP contribution in [0.15, 0.2) is 4.90 Å². The molecule has 4 nitrogen and oxygen atoms in total. The summed E-state index contributed by atoms with van der Waals surface area (Å²) in [6.45, 7) is 2.12. The van der Waals surface area contributed by atoms with Crippen molar-refractivity contribution in [3.63, 3.8) is 0 Å². The number of rotatable bonds is 3. The number of nitrogens with zero attached hydrogens (tertiary/aromatic N) is 3. The van der Waals surface area contributed by atoms with Gasteiger partial charge in [-0.1, -0.05) is 11.6 Å². The van der Waals surface area contributed by atoms with Gasteiger partial charge in [-0.25, -0.2) is 0 Å². The van der Waals surface area contributed by atoms with E-state index in [1.165, 1.54) is 12.8 Å². The van der Waals surface area contributed by atoms with Gasteiger partial charge in [-0.15, -0.1) is 11.8 Å². The van der Waals surface area contributed by atoms with Crippen LogP contribution in [0.5, 0.6) is 0 Å². The van der Waals surface area contributed by atoms with Crippen LogP contribution in [0.2, 0.25) is 5.15 Å². The predicted molar refractivity (Wildman–Crippen MR) is 69.8 cm³/mol. The minimum absolute atomic E-state index is 0.536. The fourth-order valence-corrected chi connectivity index (χ4v) is 2.81. The predicted octanol–water partition coefficient (Wildman–Crippen LogP) is 2.49. The van der Waals surface area contributed by atoms with Crippen LogP contribution in [0.1, 0.15) is 12.8 Å². The second kappa shape index (κ2) is 5.10. The Bertz CT molecular complexity index is 379. The second-order valence-electron chi connectivity index (χ2n) is 3.64. The van der Waals surface area contributed by atoms with E-state index in [1.807, 2.05) is 6.26 Å². The molecule has 16 heavy (non-hydrogen) atoms. The van der Waals surface area contributed by atoms with Gasteiger partial charge in [0.25, 0.3) is 0 Å². The molecule has 0 spiro atoms. The van der Waals surface area contributed by atoms with Crippen LogP contribution < -0.4 is 10.2 Å². The highest BCUT2D eigenvalue weighted by molar-refractivity contribution is 7.98. The maximum atomic E-state index is 6.15. The van der Waals surface area contributed by atoms with Crippen LogP contribution in [0, 0.1) is 0 Å². The third-order valence-electron chi connectivity index (χ3n) is 2.64. The van der Waals surface area contributed by atoms with Crippen LogP contribution in [0.4, 0.5) is 11.8 Å². The van der Waals surface area contributed by atoms with E-state index in [2.05, 4.69) is 20.2 Å². The van der Waals surface area contributed by atoms with E-state index < -0.39 is 0 Å². The number of nitrogens with one attached hydrogen (secondary N) is 1. The molecule has 0 unspecified atom stereocenters. The third-order valence-corrected chi connectivity index (χ3v) is 3.81. The second-order valence-corrected chi connectivity index (χ2v) is 4.81. The first-order valence-corrected chi connectivity index (χ1v) is 6.90. The van der Waals surface area contributed by atoms with Gasteiger partial charge >= 0.3 is 0 Å². The molecule has 1 N–H and O–H groups in total. The van der Waals surface area contributed by atoms with Crippen molar-refractivity contribution in [3.05, 3.63) is 5.15 Å². The van der Waals surface area contributed by atoms with Gasteiger partial charge < -0.3 is 10.2 Å². The quantitative estimate of drug-likeness (QED) is 0.666. The van der Waals surface area contributed by atoms with Crippen molar-refractivity contribution >= 4 is 35.1 Å². The maximum Gasteiger partial charge on any atom is 0.225 e. The smallest absolute Gasteiger partial charge is 0.225 e. The zero-order valence-corrected chi connectivity index (χ0v) is 11.0. The third kappa shape index (κ3) is 2.20. The number of anilines is 2. The van der Waals surface area contributed by atoms with Gasteiger partial charge in [-0.05, 0) is 19.1 Å². The Balaban J connectivity index is 2.42. The van der Waals surface area contributed by atoms with Crippen LogP contribution in [0.25, 0.3) is 0 Å². The molecule has 1 aliphatic heterocycles. The fourth-order valence-electron chi connectivity index (χ4n) is 1.84. The Kier molecular flexibility index (Phi) is 3.76. The Hall–Kier alpha value is -0.680. The Morgan fingerprint density at radius 1 is 1.31 bits per heavy atom. The Morgan fingerprint density at radius 2 is 2.00 bits per heavy atom. The molecule has 2 heterocycles. The van der Waals surface area contributed by atoms with E-state index in [-0.39, 0.29) is 0 Å². The molecule has 0 aliphatic carbocycles. The molecule has 0 saturated carbocycles. The highest BCUT2D eigenvalue weighted by Gasteiger charge is 2.20. The zero-order chi connectivity index (χ0) is 11.5. The van der Waals surface area contributed by atoms with Crippen LogP contribution in [0.3, 0.4) is 0 Å². The average molecular weight is 259 g/mol. The number of hydrogen-bond acceptors (Lipinski definition) is 5. The van der Waals surface area contributed by atoms with Crippen LogP contribution >= 0.6 is 23.4 Å². The van der Waals surface area contributed by atoms with E-state index >= 15 is 0 Å². The van der Waals surface area contributed by atoms with Gasteiger partial charge in [-0.2, -0.15) is 9.97 Å². The zero-order valence-electron chi connectivity index (χ0n) is 9.46. The number of hydrogen-bond donors (Lipinski definition) is 1. The molecule has 0 amide bonds. The van der Waals surface area contributed by atoms with Crippen molar-refractivity contribution in [1.82, 2.24) is 9.97 Å². The fraction of sp³-hybridized carbons (Fsp3) is 0.600. The van der Waals surface area contributed by atoms with Crippen molar-refractivity contribution in [1.29, 1.82) is 0 Å². The largest absolute Gasteiger partial charge is 0.357 e. The minimum Gasteiger partial charge on any atom is -0.357 e. The Labute approximate surface area is 105 Å². The molecular weight excluding hydrogens is 244 g/mol. The van der Waals surface area contributed by atoms with Crippen LogP contribution in [-0.4, -0.2) is 36.4 Å². The number of aromatic nitrogens is 2. The summed E-state index contributed by atoms with van der Waals surface area (Å²) in [5.41, 5.74) is 0. The van der Waals surface area contributed by atoms with Gasteiger partial charge in [0.1, 0.15) is 11.0 Å². The average Bonchev–Trinajstić information content (AvgIpc) is 2.81. The molecule has 0 bridgehead atoms. The summed E-state index contributed by atoms with van der Waals surface area (Å²) in [5, 5.41) is 3.48. The normalized spacial score (nSPS) is 15.6. The maximum absolute atomic E-state index is 6.15. The molecular formula is C10H15ClN4S. The van der Waals surface area contributed by atoms with E-state index in [9.17, 15) is 0 Å². The van der Waals surface area contributed by atoms with E-state index in [0.717, 1.165) is 23.8 Å². The van der Waals surface area contributed by atoms with Gasteiger partial charge in [-0.3, -0.25) is 0 Å². The molecule has 1 fully saturated rings. The lowest BCUT2D eigenvalue weighted by Crippen LogP contribution is -2.20. The van der Waals surface area contributed by atoms with E-state index in [1.54, 1.807) is 18.8 Å². The first kappa shape index (κ1) is 11.8. The molecule has 1 aromatic heterocycles. The lowest BCUT2D eigenvalue weighted by atomic mass is 10.4. The molecule has 6 heteroatoms. The molecule has 1 aliphatic rings. The lowest BCUT2D eigenvalue weighted by Gasteiger charge is -2.20. The molecule has 1 aromatic rings. The first-order valence-electron chi connectivity index (χ1n) is 5.30. The Morgan fingerprint density at radius 3 is 2.56 bits per heavy atom. The van der Waals surface area contributed by atoms with Crippen molar-refractivity contribution < 1.29 is 0 Å². The first-order chi connectivity index (χ1) is 7.76. The van der Waals surface area contributed by atoms with Gasteiger partial charge in [0, 0.05) is 20.1 Å². The summed E-state index contributed by atoms with van der Waals surface area (Å²) in [4.78, 5) is 11.9. The van der Waals surface area contributed by atoms with Crippen LogP contribution in [-0.2, 0) is 0 Å². The SMILES string of the molecule is CNc1nc(Cl)c(SC)c(N2CCCC2)n1. The van der Waals surface area contributed by atoms with Crippen molar-refractivity contribution in [2.45, 2.75) is 17.7 Å². The molecule has 2 rings (SSSR count). The van der Waals surface area contributed by atoms with E-state index in [4.69, 9.17) is 11.6 Å². The summed E-state index contributed by atoms with van der Waals surface area (Å²) in [5.74, 6) is 1.55. The molecule has 88 valence electrons. The minimum atomic E-state index is 0.536. The topological polar surface area (TPSA) is 41.1 Å². The molecule has 0 aromatic carbocycles. The summed E-state index contributed by atoms with van der Waals surface area (Å²) >= 11 is 7.75. The standard InChI is InChI=1S/C10H15ClN4S/c1-12-10-13-8(11)7(16-2)9(14-10)15-5-3-4-6-15/h3-6H2,1-2H3,(H,12,13,14). The lowest BCUT2D eigenvalue weighted by molar-refractivity contribution is 0.903. The van der Waals surface area contributed by atoms with E-state index in [0.29, 0.717) is 11.1 Å². The molecule has 1 saturated heterocycles. The summed E-state index contributed by atoms with van der Waals surface area (Å²) < 4.78 is 0. The van der Waals surface area contributed by atoms with Crippen molar-refractivity contribution in [3.8, 4) is 0 Å². The highest BCUT2D eigenvalue weighted by Crippen LogP contribution is 2.34. The molecule has 0 atom stereocenters. The number of halogens is 1. The molecule has 0 radical (unpaired) electrons. The van der Waals surface area contributed by atoms with Gasteiger partial charge in [0.05, 0.1) is 4.90 Å².